The first-order valence-corrected chi connectivity index (χ1v) is 13.2. The van der Waals surface area contributed by atoms with E-state index in [9.17, 15) is 9.59 Å². The Labute approximate surface area is 226 Å². The number of amides is 1. The largest absolute Gasteiger partial charge is 0.485 e. The van der Waals surface area contributed by atoms with Gasteiger partial charge in [0.25, 0.3) is 0 Å². The molecule has 3 aromatic carbocycles. The zero-order valence-corrected chi connectivity index (χ0v) is 22.7. The lowest BCUT2D eigenvalue weighted by atomic mass is 10.1. The van der Waals surface area contributed by atoms with Crippen LogP contribution in [-0.2, 0) is 16.1 Å². The molecule has 0 aliphatic heterocycles. The molecule has 4 rings (SSSR count). The van der Waals surface area contributed by atoms with Gasteiger partial charge in [0.1, 0.15) is 12.4 Å². The predicted octanol–water partition coefficient (Wildman–Crippen LogP) is 5.68. The van der Waals surface area contributed by atoms with Crippen LogP contribution < -0.4 is 10.1 Å². The Morgan fingerprint density at radius 1 is 0.921 bits per heavy atom. The number of thioether (sulfide) groups is 1. The maximum absolute atomic E-state index is 12.7. The first kappa shape index (κ1) is 26.9. The molecule has 0 fully saturated rings. The van der Waals surface area contributed by atoms with Crippen LogP contribution in [0, 0.1) is 20.8 Å². The Morgan fingerprint density at radius 3 is 2.26 bits per heavy atom. The smallest absolute Gasteiger partial charge is 0.338 e. The molecular formula is C29H30N4O4S. The number of benzene rings is 3. The average Bonchev–Trinajstić information content (AvgIpc) is 3.31. The molecule has 0 spiro atoms. The Hall–Kier alpha value is -4.11. The number of aromatic nitrogens is 3. The molecule has 0 atom stereocenters. The maximum Gasteiger partial charge on any atom is 0.338 e. The highest BCUT2D eigenvalue weighted by molar-refractivity contribution is 7.99. The van der Waals surface area contributed by atoms with Crippen molar-refractivity contribution in [2.75, 3.05) is 17.7 Å². The van der Waals surface area contributed by atoms with Gasteiger partial charge >= 0.3 is 5.97 Å². The van der Waals surface area contributed by atoms with Gasteiger partial charge in [0.15, 0.2) is 11.0 Å². The number of rotatable bonds is 10. The summed E-state index contributed by atoms with van der Waals surface area (Å²) in [6, 6.07) is 20.6. The van der Waals surface area contributed by atoms with Gasteiger partial charge in [-0.3, -0.25) is 9.36 Å². The molecule has 0 bridgehead atoms. The van der Waals surface area contributed by atoms with E-state index in [2.05, 4.69) is 15.5 Å². The van der Waals surface area contributed by atoms with E-state index in [4.69, 9.17) is 9.47 Å². The molecule has 0 radical (unpaired) electrons. The second-order valence-corrected chi connectivity index (χ2v) is 9.66. The molecule has 0 saturated carbocycles. The topological polar surface area (TPSA) is 95.3 Å². The highest BCUT2D eigenvalue weighted by atomic mass is 32.2. The number of anilines is 1. The van der Waals surface area contributed by atoms with E-state index >= 15 is 0 Å². The summed E-state index contributed by atoms with van der Waals surface area (Å²) in [5.74, 6) is 0.989. The van der Waals surface area contributed by atoms with Crippen LogP contribution in [-0.4, -0.2) is 39.0 Å². The summed E-state index contributed by atoms with van der Waals surface area (Å²) in [5.41, 5.74) is 5.14. The van der Waals surface area contributed by atoms with Crippen LogP contribution in [0.4, 0.5) is 5.69 Å². The summed E-state index contributed by atoms with van der Waals surface area (Å²) in [7, 11) is 0. The molecule has 38 heavy (non-hydrogen) atoms. The molecule has 0 unspecified atom stereocenters. The van der Waals surface area contributed by atoms with Gasteiger partial charge in [-0.05, 0) is 75.2 Å². The molecule has 196 valence electrons. The van der Waals surface area contributed by atoms with Gasteiger partial charge in [-0.2, -0.15) is 0 Å². The molecular weight excluding hydrogens is 500 g/mol. The van der Waals surface area contributed by atoms with Gasteiger partial charge in [0.2, 0.25) is 5.91 Å². The number of para-hydroxylation sites is 1. The highest BCUT2D eigenvalue weighted by Crippen LogP contribution is 2.26. The Bertz CT molecular complexity index is 1400. The fourth-order valence-electron chi connectivity index (χ4n) is 3.84. The standard InChI is InChI=1S/C29H30N4O4S/c1-5-36-28(35)22-11-13-23(14-12-22)30-26(34)18-38-29-32-31-25(33(29)24-15-9-19(2)10-16-24)17-37-27-20(3)7-6-8-21(27)4/h6-16H,5,17-18H2,1-4H3,(H,30,34). The lowest BCUT2D eigenvalue weighted by molar-refractivity contribution is -0.113. The van der Waals surface area contributed by atoms with E-state index < -0.39 is 5.97 Å². The summed E-state index contributed by atoms with van der Waals surface area (Å²) in [6.45, 7) is 8.34. The second-order valence-electron chi connectivity index (χ2n) is 8.71. The normalized spacial score (nSPS) is 10.7. The van der Waals surface area contributed by atoms with E-state index in [0.29, 0.717) is 28.8 Å². The highest BCUT2D eigenvalue weighted by Gasteiger charge is 2.17. The molecule has 4 aromatic rings. The number of nitrogens with one attached hydrogen (secondary N) is 1. The van der Waals surface area contributed by atoms with Crippen molar-refractivity contribution >= 4 is 29.3 Å². The molecule has 1 heterocycles. The van der Waals surface area contributed by atoms with Gasteiger partial charge in [0, 0.05) is 11.4 Å². The van der Waals surface area contributed by atoms with Crippen molar-refractivity contribution in [3.05, 3.63) is 94.8 Å². The average molecular weight is 531 g/mol. The van der Waals surface area contributed by atoms with Gasteiger partial charge in [-0.1, -0.05) is 47.7 Å². The SMILES string of the molecule is CCOC(=O)c1ccc(NC(=O)CSc2nnc(COc3c(C)cccc3C)n2-c2ccc(C)cc2)cc1. The number of hydrogen-bond donors (Lipinski definition) is 1. The zero-order valence-electron chi connectivity index (χ0n) is 21.9. The van der Waals surface area contributed by atoms with E-state index in [0.717, 1.165) is 28.1 Å². The molecule has 0 aliphatic rings. The zero-order chi connectivity index (χ0) is 27.1. The number of nitrogens with zero attached hydrogens (tertiary/aromatic N) is 3. The van der Waals surface area contributed by atoms with E-state index in [-0.39, 0.29) is 18.3 Å². The fourth-order valence-corrected chi connectivity index (χ4v) is 4.61. The minimum absolute atomic E-state index is 0.126. The third-order valence-corrected chi connectivity index (χ3v) is 6.69. The first-order chi connectivity index (χ1) is 18.4. The molecule has 1 amide bonds. The summed E-state index contributed by atoms with van der Waals surface area (Å²) < 4.78 is 13.1. The predicted molar refractivity (Wildman–Crippen MR) is 148 cm³/mol. The van der Waals surface area contributed by atoms with Crippen molar-refractivity contribution in [2.24, 2.45) is 0 Å². The fraction of sp³-hybridized carbons (Fsp3) is 0.241. The monoisotopic (exact) mass is 530 g/mol. The number of ether oxygens (including phenoxy) is 2. The van der Waals surface area contributed by atoms with Crippen molar-refractivity contribution in [3.8, 4) is 11.4 Å². The van der Waals surface area contributed by atoms with Crippen LogP contribution in [0.5, 0.6) is 5.75 Å². The van der Waals surface area contributed by atoms with Crippen molar-refractivity contribution in [3.63, 3.8) is 0 Å². The Balaban J connectivity index is 1.47. The lowest BCUT2D eigenvalue weighted by Gasteiger charge is -2.14. The number of carbonyl (C=O) groups excluding carboxylic acids is 2. The lowest BCUT2D eigenvalue weighted by Crippen LogP contribution is -2.15. The Morgan fingerprint density at radius 2 is 1.61 bits per heavy atom. The van der Waals surface area contributed by atoms with Gasteiger partial charge in [-0.25, -0.2) is 4.79 Å². The Kier molecular flexibility index (Phi) is 8.81. The third kappa shape index (κ3) is 6.60. The van der Waals surface area contributed by atoms with Crippen LogP contribution in [0.1, 0.15) is 39.8 Å². The minimum Gasteiger partial charge on any atom is -0.485 e. The number of aryl methyl sites for hydroxylation is 3. The minimum atomic E-state index is -0.395. The first-order valence-electron chi connectivity index (χ1n) is 12.3. The molecule has 8 nitrogen and oxygen atoms in total. The third-order valence-electron chi connectivity index (χ3n) is 5.76. The van der Waals surface area contributed by atoms with Crippen LogP contribution in [0.2, 0.25) is 0 Å². The summed E-state index contributed by atoms with van der Waals surface area (Å²) in [5, 5.41) is 12.2. The molecule has 9 heteroatoms. The van der Waals surface area contributed by atoms with Crippen molar-refractivity contribution in [1.82, 2.24) is 14.8 Å². The molecule has 1 N–H and O–H groups in total. The summed E-state index contributed by atoms with van der Waals surface area (Å²) >= 11 is 1.28. The number of carbonyl (C=O) groups is 2. The van der Waals surface area contributed by atoms with Gasteiger partial charge < -0.3 is 14.8 Å². The summed E-state index contributed by atoms with van der Waals surface area (Å²) in [6.07, 6.45) is 0. The second kappa shape index (κ2) is 12.4. The number of hydrogen-bond acceptors (Lipinski definition) is 7. The molecule has 0 aliphatic carbocycles. The van der Waals surface area contributed by atoms with E-state index in [1.807, 2.05) is 67.8 Å². The van der Waals surface area contributed by atoms with Crippen LogP contribution >= 0.6 is 11.8 Å². The van der Waals surface area contributed by atoms with Gasteiger partial charge in [0.05, 0.1) is 17.9 Å². The molecule has 1 aromatic heterocycles. The van der Waals surface area contributed by atoms with Crippen molar-refractivity contribution < 1.29 is 19.1 Å². The quantitative estimate of drug-likeness (QED) is 0.208. The number of esters is 1. The van der Waals surface area contributed by atoms with E-state index in [1.54, 1.807) is 31.2 Å². The van der Waals surface area contributed by atoms with Crippen LogP contribution in [0.15, 0.2) is 71.9 Å². The van der Waals surface area contributed by atoms with Crippen molar-refractivity contribution in [2.45, 2.75) is 39.5 Å². The van der Waals surface area contributed by atoms with Crippen molar-refractivity contribution in [1.29, 1.82) is 0 Å². The summed E-state index contributed by atoms with van der Waals surface area (Å²) in [4.78, 5) is 24.5. The van der Waals surface area contributed by atoms with E-state index in [1.165, 1.54) is 11.8 Å². The van der Waals surface area contributed by atoms with Crippen LogP contribution in [0.3, 0.4) is 0 Å². The van der Waals surface area contributed by atoms with Crippen LogP contribution in [0.25, 0.3) is 5.69 Å². The maximum atomic E-state index is 12.7. The van der Waals surface area contributed by atoms with Gasteiger partial charge in [-0.15, -0.1) is 10.2 Å². The molecule has 0 saturated heterocycles.